The quantitative estimate of drug-likeness (QED) is 0.364. The van der Waals surface area contributed by atoms with Crippen molar-refractivity contribution in [2.45, 2.75) is 20.3 Å². The highest BCUT2D eigenvalue weighted by molar-refractivity contribution is 5.93. The number of nitriles is 1. The molecule has 6 heteroatoms. The minimum absolute atomic E-state index is 0.403. The van der Waals surface area contributed by atoms with Crippen LogP contribution in [0.3, 0.4) is 0 Å². The van der Waals surface area contributed by atoms with E-state index in [2.05, 4.69) is 4.74 Å². The second kappa shape index (κ2) is 14.3. The van der Waals surface area contributed by atoms with E-state index in [1.807, 2.05) is 13.8 Å². The zero-order valence-electron chi connectivity index (χ0n) is 14.5. The first-order valence-electron chi connectivity index (χ1n) is 7.59. The summed E-state index contributed by atoms with van der Waals surface area (Å²) in [6.45, 7) is 4.00. The molecule has 2 rings (SSSR count). The van der Waals surface area contributed by atoms with Gasteiger partial charge in [-0.2, -0.15) is 5.26 Å². The molecule has 0 fully saturated rings. The minimum atomic E-state index is -0.646. The van der Waals surface area contributed by atoms with Crippen LogP contribution in [0.4, 0.5) is 0 Å². The fourth-order valence-corrected chi connectivity index (χ4v) is 1.43. The average Bonchev–Trinajstić information content (AvgIpc) is 2.65. The van der Waals surface area contributed by atoms with E-state index in [9.17, 15) is 9.59 Å². The van der Waals surface area contributed by atoms with Gasteiger partial charge in [-0.1, -0.05) is 50.2 Å². The molecule has 6 nitrogen and oxygen atoms in total. The molecule has 0 saturated heterocycles. The number of nitrogens with zero attached hydrogens (tertiary/aromatic N) is 1. The molecule has 0 saturated carbocycles. The van der Waals surface area contributed by atoms with Crippen LogP contribution in [-0.2, 0) is 14.3 Å². The largest absolute Gasteiger partial charge is 0.431 e. The molecule has 0 bridgehead atoms. The van der Waals surface area contributed by atoms with Gasteiger partial charge in [0.05, 0.1) is 7.11 Å². The summed E-state index contributed by atoms with van der Waals surface area (Å²) in [4.78, 5) is 23.0. The van der Waals surface area contributed by atoms with Crippen molar-refractivity contribution in [1.82, 2.24) is 0 Å². The highest BCUT2D eigenvalue weighted by Crippen LogP contribution is 2.11. The summed E-state index contributed by atoms with van der Waals surface area (Å²) in [5, 5.41) is 7.40. The molecule has 0 heterocycles. The molecule has 0 unspecified atom stereocenters. The highest BCUT2D eigenvalue weighted by Gasteiger charge is 2.13. The maximum atomic E-state index is 11.5. The van der Waals surface area contributed by atoms with Gasteiger partial charge >= 0.3 is 11.9 Å². The summed E-state index contributed by atoms with van der Waals surface area (Å²) >= 11 is 0. The van der Waals surface area contributed by atoms with E-state index in [1.165, 1.54) is 13.4 Å². The van der Waals surface area contributed by atoms with Crippen molar-refractivity contribution in [2.24, 2.45) is 0 Å². The van der Waals surface area contributed by atoms with E-state index in [4.69, 9.17) is 14.7 Å². The van der Waals surface area contributed by atoms with Crippen LogP contribution >= 0.6 is 0 Å². The number of benzene rings is 2. The van der Waals surface area contributed by atoms with Crippen LogP contribution in [0, 0.1) is 11.5 Å². The van der Waals surface area contributed by atoms with Gasteiger partial charge in [-0.3, -0.25) is 9.59 Å². The number of methoxy groups -OCH3 is 1. The van der Waals surface area contributed by atoms with Crippen LogP contribution < -0.4 is 9.47 Å². The molecule has 25 heavy (non-hydrogen) atoms. The number of esters is 2. The number of para-hydroxylation sites is 2. The van der Waals surface area contributed by atoms with Crippen molar-refractivity contribution < 1.29 is 23.8 Å². The topological polar surface area (TPSA) is 85.6 Å². The van der Waals surface area contributed by atoms with Gasteiger partial charge in [-0.05, 0) is 24.3 Å². The summed E-state index contributed by atoms with van der Waals surface area (Å²) in [7, 11) is 1.32. The van der Waals surface area contributed by atoms with Crippen molar-refractivity contribution in [3.8, 4) is 17.8 Å². The van der Waals surface area contributed by atoms with Crippen LogP contribution in [-0.4, -0.2) is 19.0 Å². The van der Waals surface area contributed by atoms with E-state index in [0.717, 1.165) is 0 Å². The van der Waals surface area contributed by atoms with Gasteiger partial charge in [0.15, 0.2) is 0 Å². The van der Waals surface area contributed by atoms with Gasteiger partial charge in [0.2, 0.25) is 0 Å². The third kappa shape index (κ3) is 10.9. The molecule has 0 amide bonds. The zero-order valence-corrected chi connectivity index (χ0v) is 14.5. The lowest BCUT2D eigenvalue weighted by Gasteiger charge is -2.04. The Bertz CT molecular complexity index is 599. The normalized spacial score (nSPS) is 8.24. The SMILES string of the molecule is CC.COC#N.O=C(CC(=O)Oc1ccccc1)Oc1ccccc1. The Labute approximate surface area is 147 Å². The first kappa shape index (κ1) is 21.7. The van der Waals surface area contributed by atoms with Crippen molar-refractivity contribution in [3.05, 3.63) is 60.7 Å². The number of ether oxygens (including phenoxy) is 3. The van der Waals surface area contributed by atoms with Crippen LogP contribution in [0.1, 0.15) is 20.3 Å². The Hall–Kier alpha value is -3.33. The Morgan fingerprint density at radius 1 is 0.840 bits per heavy atom. The Balaban J connectivity index is 0.000000845. The van der Waals surface area contributed by atoms with E-state index >= 15 is 0 Å². The van der Waals surface area contributed by atoms with Crippen LogP contribution in [0.25, 0.3) is 0 Å². The molecule has 0 N–H and O–H groups in total. The summed E-state index contributed by atoms with van der Waals surface area (Å²) in [5.41, 5.74) is 0. The van der Waals surface area contributed by atoms with Crippen molar-refractivity contribution in [3.63, 3.8) is 0 Å². The molecule has 0 atom stereocenters. The van der Waals surface area contributed by atoms with Crippen molar-refractivity contribution in [2.75, 3.05) is 7.11 Å². The van der Waals surface area contributed by atoms with Crippen LogP contribution in [0.5, 0.6) is 11.5 Å². The van der Waals surface area contributed by atoms with Crippen molar-refractivity contribution >= 4 is 11.9 Å². The molecule has 0 aliphatic heterocycles. The molecule has 0 spiro atoms. The predicted octanol–water partition coefficient (Wildman–Crippen LogP) is 3.73. The average molecular weight is 343 g/mol. The van der Waals surface area contributed by atoms with E-state index in [0.29, 0.717) is 11.5 Å². The van der Waals surface area contributed by atoms with Crippen LogP contribution in [0.15, 0.2) is 60.7 Å². The van der Waals surface area contributed by atoms with Gasteiger partial charge in [0.1, 0.15) is 17.9 Å². The van der Waals surface area contributed by atoms with Crippen LogP contribution in [0.2, 0.25) is 0 Å². The summed E-state index contributed by atoms with van der Waals surface area (Å²) in [5.74, 6) is -0.487. The molecule has 0 aliphatic carbocycles. The second-order valence-electron chi connectivity index (χ2n) is 4.05. The molecular weight excluding hydrogens is 322 g/mol. The summed E-state index contributed by atoms with van der Waals surface area (Å²) < 4.78 is 13.8. The highest BCUT2D eigenvalue weighted by atomic mass is 16.6. The minimum Gasteiger partial charge on any atom is -0.431 e. The Morgan fingerprint density at radius 2 is 1.16 bits per heavy atom. The number of hydrogen-bond donors (Lipinski definition) is 0. The van der Waals surface area contributed by atoms with Gasteiger partial charge in [-0.25, -0.2) is 0 Å². The number of hydrogen-bond acceptors (Lipinski definition) is 6. The molecule has 2 aromatic carbocycles. The maximum absolute atomic E-state index is 11.5. The summed E-state index contributed by atoms with van der Waals surface area (Å²) in [6.07, 6.45) is 1.00. The Kier molecular flexibility index (Phi) is 12.4. The lowest BCUT2D eigenvalue weighted by atomic mass is 10.3. The third-order valence-electron chi connectivity index (χ3n) is 2.33. The molecule has 132 valence electrons. The monoisotopic (exact) mass is 343 g/mol. The predicted molar refractivity (Wildman–Crippen MR) is 92.7 cm³/mol. The zero-order chi connectivity index (χ0) is 18.9. The van der Waals surface area contributed by atoms with Crippen molar-refractivity contribution in [1.29, 1.82) is 5.26 Å². The molecule has 2 aromatic rings. The van der Waals surface area contributed by atoms with E-state index < -0.39 is 18.4 Å². The second-order valence-corrected chi connectivity index (χ2v) is 4.05. The van der Waals surface area contributed by atoms with E-state index in [-0.39, 0.29) is 0 Å². The number of carbonyl (C=O) groups excluding carboxylic acids is 2. The fourth-order valence-electron chi connectivity index (χ4n) is 1.43. The first-order valence-corrected chi connectivity index (χ1v) is 7.59. The van der Waals surface area contributed by atoms with E-state index in [1.54, 1.807) is 60.7 Å². The summed E-state index contributed by atoms with van der Waals surface area (Å²) in [6, 6.07) is 17.1. The lowest BCUT2D eigenvalue weighted by molar-refractivity contribution is -0.144. The van der Waals surface area contributed by atoms with Gasteiger partial charge in [0, 0.05) is 0 Å². The standard InChI is InChI=1S/C15H12O4.C2H3NO.C2H6/c16-14(18-12-7-3-1-4-8-12)11-15(17)19-13-9-5-2-6-10-13;1-4-2-3;1-2/h1-10H,11H2;1H3;1-2H3. The fraction of sp³-hybridized carbons (Fsp3) is 0.211. The number of carbonyl (C=O) groups is 2. The molecule has 0 aromatic heterocycles. The van der Waals surface area contributed by atoms with Gasteiger partial charge < -0.3 is 14.2 Å². The lowest BCUT2D eigenvalue weighted by Crippen LogP contribution is -2.18. The molecular formula is C19H21NO5. The molecule has 0 radical (unpaired) electrons. The van der Waals surface area contributed by atoms with Gasteiger partial charge in [0.25, 0.3) is 6.26 Å². The molecule has 0 aliphatic rings. The number of rotatable bonds is 4. The maximum Gasteiger partial charge on any atom is 0.322 e. The third-order valence-corrected chi connectivity index (χ3v) is 2.33. The first-order chi connectivity index (χ1) is 12.2. The smallest absolute Gasteiger partial charge is 0.322 e. The van der Waals surface area contributed by atoms with Gasteiger partial charge in [-0.15, -0.1) is 0 Å². The Morgan fingerprint density at radius 3 is 1.44 bits per heavy atom.